The molecule has 0 heterocycles. The van der Waals surface area contributed by atoms with Gasteiger partial charge in [0.1, 0.15) is 0 Å². The molecule has 2 saturated carbocycles. The summed E-state index contributed by atoms with van der Waals surface area (Å²) in [5, 5.41) is 0. The summed E-state index contributed by atoms with van der Waals surface area (Å²) in [6.07, 6.45) is 13.8. The summed E-state index contributed by atoms with van der Waals surface area (Å²) in [7, 11) is 2.34. The van der Waals surface area contributed by atoms with Crippen LogP contribution >= 0.6 is 0 Å². The minimum Gasteiger partial charge on any atom is -0.330 e. The van der Waals surface area contributed by atoms with E-state index in [1.165, 1.54) is 70.8 Å². The number of nitrogens with zero attached hydrogens (tertiary/aromatic N) is 1. The Morgan fingerprint density at radius 3 is 2.15 bits per heavy atom. The molecule has 0 aromatic heterocycles. The Balaban J connectivity index is 1.78. The molecule has 2 aliphatic rings. The van der Waals surface area contributed by atoms with Crippen molar-refractivity contribution in [2.45, 2.75) is 84.1 Å². The molecular weight excluding hydrogens is 244 g/mol. The van der Waals surface area contributed by atoms with Crippen LogP contribution in [-0.2, 0) is 0 Å². The first-order valence-corrected chi connectivity index (χ1v) is 8.87. The lowest BCUT2D eigenvalue weighted by molar-refractivity contribution is 0.0992. The maximum atomic E-state index is 6.12. The normalized spacial score (nSPS) is 26.9. The molecule has 0 radical (unpaired) electrons. The average molecular weight is 280 g/mol. The van der Waals surface area contributed by atoms with Gasteiger partial charge in [-0.25, -0.2) is 0 Å². The van der Waals surface area contributed by atoms with Gasteiger partial charge in [-0.1, -0.05) is 33.1 Å². The largest absolute Gasteiger partial charge is 0.330 e. The van der Waals surface area contributed by atoms with Crippen LogP contribution in [0.1, 0.15) is 78.1 Å². The Labute approximate surface area is 126 Å². The van der Waals surface area contributed by atoms with Crippen molar-refractivity contribution >= 4 is 0 Å². The van der Waals surface area contributed by atoms with E-state index in [4.69, 9.17) is 5.73 Å². The molecule has 0 atom stereocenters. The Morgan fingerprint density at radius 2 is 1.60 bits per heavy atom. The molecule has 0 spiro atoms. The van der Waals surface area contributed by atoms with E-state index in [9.17, 15) is 0 Å². The zero-order chi connectivity index (χ0) is 14.6. The molecular formula is C18H36N2. The second kappa shape index (κ2) is 6.79. The summed E-state index contributed by atoms with van der Waals surface area (Å²) in [6.45, 7) is 7.00. The first-order chi connectivity index (χ1) is 9.46. The van der Waals surface area contributed by atoms with E-state index in [0.717, 1.165) is 12.6 Å². The third kappa shape index (κ3) is 4.21. The van der Waals surface area contributed by atoms with Gasteiger partial charge in [-0.15, -0.1) is 0 Å². The van der Waals surface area contributed by atoms with Crippen molar-refractivity contribution in [1.82, 2.24) is 4.90 Å². The number of hydrogen-bond acceptors (Lipinski definition) is 2. The Morgan fingerprint density at radius 1 is 1.00 bits per heavy atom. The van der Waals surface area contributed by atoms with E-state index < -0.39 is 0 Å². The summed E-state index contributed by atoms with van der Waals surface area (Å²) in [6, 6.07) is 0.821. The van der Waals surface area contributed by atoms with Gasteiger partial charge in [-0.2, -0.15) is 0 Å². The van der Waals surface area contributed by atoms with Gasteiger partial charge in [0.15, 0.2) is 0 Å². The van der Waals surface area contributed by atoms with Gasteiger partial charge in [0.05, 0.1) is 0 Å². The lowest BCUT2D eigenvalue weighted by atomic mass is 9.71. The zero-order valence-electron chi connectivity index (χ0n) is 14.1. The molecule has 2 rings (SSSR count). The molecule has 0 aliphatic heterocycles. The zero-order valence-corrected chi connectivity index (χ0v) is 14.1. The molecule has 0 unspecified atom stereocenters. The maximum Gasteiger partial charge on any atom is 0.00926 e. The summed E-state index contributed by atoms with van der Waals surface area (Å²) in [5.74, 6) is 0. The molecule has 20 heavy (non-hydrogen) atoms. The van der Waals surface area contributed by atoms with E-state index in [-0.39, 0.29) is 0 Å². The van der Waals surface area contributed by atoms with Crippen LogP contribution in [0, 0.1) is 10.8 Å². The first-order valence-electron chi connectivity index (χ1n) is 8.87. The maximum absolute atomic E-state index is 6.12. The highest BCUT2D eigenvalue weighted by Gasteiger charge is 2.32. The number of rotatable bonds is 5. The number of hydrogen-bond donors (Lipinski definition) is 1. The highest BCUT2D eigenvalue weighted by Crippen LogP contribution is 2.40. The highest BCUT2D eigenvalue weighted by molar-refractivity contribution is 4.87. The fourth-order valence-corrected chi connectivity index (χ4v) is 4.28. The quantitative estimate of drug-likeness (QED) is 0.818. The Kier molecular flexibility index (Phi) is 5.53. The monoisotopic (exact) mass is 280 g/mol. The molecule has 2 fully saturated rings. The Bertz CT molecular complexity index is 282. The predicted molar refractivity (Wildman–Crippen MR) is 87.9 cm³/mol. The second-order valence-corrected chi connectivity index (χ2v) is 8.39. The standard InChI is InChI=1S/C18H36N2/c1-17(2)11-7-16(8-12-17)20(3)14-13-18(15-19)9-5-4-6-10-18/h16H,4-15,19H2,1-3H3. The van der Waals surface area contributed by atoms with E-state index >= 15 is 0 Å². The predicted octanol–water partition coefficient (Wildman–Crippen LogP) is 4.19. The van der Waals surface area contributed by atoms with Crippen LogP contribution in [0.4, 0.5) is 0 Å². The highest BCUT2D eigenvalue weighted by atomic mass is 15.1. The van der Waals surface area contributed by atoms with Crippen LogP contribution in [0.15, 0.2) is 0 Å². The van der Waals surface area contributed by atoms with Crippen molar-refractivity contribution in [1.29, 1.82) is 0 Å². The summed E-state index contributed by atoms with van der Waals surface area (Å²) >= 11 is 0. The molecule has 2 N–H and O–H groups in total. The SMILES string of the molecule is CN(CCC1(CN)CCCCC1)C1CCC(C)(C)CC1. The first kappa shape index (κ1) is 16.3. The average Bonchev–Trinajstić information content (AvgIpc) is 2.46. The van der Waals surface area contributed by atoms with Gasteiger partial charge in [0, 0.05) is 6.04 Å². The van der Waals surface area contributed by atoms with E-state index in [1.807, 2.05) is 0 Å². The summed E-state index contributed by atoms with van der Waals surface area (Å²) in [5.41, 5.74) is 7.18. The summed E-state index contributed by atoms with van der Waals surface area (Å²) in [4.78, 5) is 2.64. The van der Waals surface area contributed by atoms with Crippen molar-refractivity contribution in [2.75, 3.05) is 20.1 Å². The number of nitrogens with two attached hydrogens (primary N) is 1. The molecule has 0 amide bonds. The van der Waals surface area contributed by atoms with Crippen molar-refractivity contribution < 1.29 is 0 Å². The Hall–Kier alpha value is -0.0800. The minimum atomic E-state index is 0.473. The molecule has 0 saturated heterocycles. The molecule has 0 bridgehead atoms. The van der Waals surface area contributed by atoms with Gasteiger partial charge < -0.3 is 10.6 Å². The fourth-order valence-electron chi connectivity index (χ4n) is 4.28. The molecule has 118 valence electrons. The van der Waals surface area contributed by atoms with Crippen molar-refractivity contribution in [3.05, 3.63) is 0 Å². The molecule has 2 aliphatic carbocycles. The fraction of sp³-hybridized carbons (Fsp3) is 1.00. The second-order valence-electron chi connectivity index (χ2n) is 8.39. The lowest BCUT2D eigenvalue weighted by Crippen LogP contribution is -2.41. The van der Waals surface area contributed by atoms with E-state index in [2.05, 4.69) is 25.8 Å². The van der Waals surface area contributed by atoms with Gasteiger partial charge >= 0.3 is 0 Å². The van der Waals surface area contributed by atoms with E-state index in [1.54, 1.807) is 0 Å². The molecule has 2 heteroatoms. The minimum absolute atomic E-state index is 0.473. The molecule has 2 nitrogen and oxygen atoms in total. The van der Waals surface area contributed by atoms with Crippen molar-refractivity contribution in [2.24, 2.45) is 16.6 Å². The van der Waals surface area contributed by atoms with Gasteiger partial charge in [-0.05, 0) is 75.9 Å². The topological polar surface area (TPSA) is 29.3 Å². The van der Waals surface area contributed by atoms with Crippen LogP contribution in [0.2, 0.25) is 0 Å². The van der Waals surface area contributed by atoms with Gasteiger partial charge in [0.2, 0.25) is 0 Å². The summed E-state index contributed by atoms with van der Waals surface area (Å²) < 4.78 is 0. The van der Waals surface area contributed by atoms with Gasteiger partial charge in [-0.3, -0.25) is 0 Å². The lowest BCUT2D eigenvalue weighted by Gasteiger charge is -2.41. The van der Waals surface area contributed by atoms with Crippen LogP contribution < -0.4 is 5.73 Å². The van der Waals surface area contributed by atoms with Gasteiger partial charge in [0.25, 0.3) is 0 Å². The van der Waals surface area contributed by atoms with Crippen LogP contribution in [0.25, 0.3) is 0 Å². The molecule has 0 aromatic carbocycles. The van der Waals surface area contributed by atoms with Crippen LogP contribution in [0.5, 0.6) is 0 Å². The van der Waals surface area contributed by atoms with Crippen LogP contribution in [0.3, 0.4) is 0 Å². The van der Waals surface area contributed by atoms with E-state index in [0.29, 0.717) is 10.8 Å². The van der Waals surface area contributed by atoms with Crippen molar-refractivity contribution in [3.63, 3.8) is 0 Å². The van der Waals surface area contributed by atoms with Crippen LogP contribution in [-0.4, -0.2) is 31.1 Å². The third-order valence-electron chi connectivity index (χ3n) is 6.27. The molecule has 0 aromatic rings. The van der Waals surface area contributed by atoms with Crippen molar-refractivity contribution in [3.8, 4) is 0 Å². The smallest absolute Gasteiger partial charge is 0.00926 e. The third-order valence-corrected chi connectivity index (χ3v) is 6.27.